The maximum absolute atomic E-state index is 12.1. The Morgan fingerprint density at radius 1 is 1.19 bits per heavy atom. The molecule has 0 fully saturated rings. The number of rotatable bonds is 3. The summed E-state index contributed by atoms with van der Waals surface area (Å²) in [5.74, 6) is 0. The lowest BCUT2D eigenvalue weighted by Crippen LogP contribution is -2.30. The van der Waals surface area contributed by atoms with Crippen LogP contribution in [0.25, 0.3) is 0 Å². The number of hydrogen-bond donors (Lipinski definition) is 1. The van der Waals surface area contributed by atoms with E-state index in [0.29, 0.717) is 22.3 Å². The quantitative estimate of drug-likeness (QED) is 0.850. The van der Waals surface area contributed by atoms with Gasteiger partial charge in [0.15, 0.2) is 0 Å². The van der Waals surface area contributed by atoms with Gasteiger partial charge in [-0.05, 0) is 42.3 Å². The fourth-order valence-electron chi connectivity index (χ4n) is 1.87. The van der Waals surface area contributed by atoms with Crippen molar-refractivity contribution >= 4 is 34.9 Å². The number of amides is 2. The highest BCUT2D eigenvalue weighted by Gasteiger charge is 2.10. The Balaban J connectivity index is 2.00. The minimum atomic E-state index is -0.199. The van der Waals surface area contributed by atoms with Crippen molar-refractivity contribution in [3.05, 3.63) is 63.6 Å². The fourth-order valence-corrected chi connectivity index (χ4v) is 2.26. The van der Waals surface area contributed by atoms with Gasteiger partial charge >= 0.3 is 6.03 Å². The monoisotopic (exact) mass is 322 g/mol. The van der Waals surface area contributed by atoms with E-state index in [-0.39, 0.29) is 6.03 Å². The lowest BCUT2D eigenvalue weighted by Gasteiger charge is -2.18. The SMILES string of the molecule is Cc1ccc(NC(=O)N(C)Cc2cccc(Cl)c2)cc1Cl. The summed E-state index contributed by atoms with van der Waals surface area (Å²) in [5.41, 5.74) is 2.62. The summed E-state index contributed by atoms with van der Waals surface area (Å²) in [7, 11) is 1.73. The maximum atomic E-state index is 12.1. The Hall–Kier alpha value is -1.71. The second-order valence-corrected chi connectivity index (χ2v) is 5.72. The van der Waals surface area contributed by atoms with Gasteiger partial charge in [-0.3, -0.25) is 0 Å². The zero-order valence-electron chi connectivity index (χ0n) is 11.9. The number of aryl methyl sites for hydroxylation is 1. The van der Waals surface area contributed by atoms with E-state index in [9.17, 15) is 4.79 Å². The van der Waals surface area contributed by atoms with E-state index in [2.05, 4.69) is 5.32 Å². The van der Waals surface area contributed by atoms with Crippen molar-refractivity contribution in [2.75, 3.05) is 12.4 Å². The van der Waals surface area contributed by atoms with Gasteiger partial charge in [-0.1, -0.05) is 41.4 Å². The second kappa shape index (κ2) is 6.83. The minimum Gasteiger partial charge on any atom is -0.323 e. The van der Waals surface area contributed by atoms with E-state index in [1.165, 1.54) is 0 Å². The van der Waals surface area contributed by atoms with E-state index >= 15 is 0 Å². The molecule has 0 bridgehead atoms. The molecule has 0 aliphatic rings. The van der Waals surface area contributed by atoms with Gasteiger partial charge < -0.3 is 10.2 Å². The number of carbonyl (C=O) groups excluding carboxylic acids is 1. The fraction of sp³-hybridized carbons (Fsp3) is 0.188. The number of carbonyl (C=O) groups is 1. The van der Waals surface area contributed by atoms with Crippen molar-refractivity contribution in [3.63, 3.8) is 0 Å². The van der Waals surface area contributed by atoms with Crippen LogP contribution in [0.15, 0.2) is 42.5 Å². The molecule has 2 amide bonds. The van der Waals surface area contributed by atoms with Crippen LogP contribution in [0.4, 0.5) is 10.5 Å². The molecule has 0 heterocycles. The molecule has 0 saturated heterocycles. The van der Waals surface area contributed by atoms with Crippen LogP contribution in [-0.2, 0) is 6.54 Å². The molecule has 3 nitrogen and oxygen atoms in total. The Bertz CT molecular complexity index is 658. The average Bonchev–Trinajstić information content (AvgIpc) is 2.43. The predicted octanol–water partition coefficient (Wildman–Crippen LogP) is 4.97. The van der Waals surface area contributed by atoms with Gasteiger partial charge in [-0.15, -0.1) is 0 Å². The number of hydrogen-bond acceptors (Lipinski definition) is 1. The van der Waals surface area contributed by atoms with Crippen LogP contribution in [0.2, 0.25) is 10.0 Å². The summed E-state index contributed by atoms with van der Waals surface area (Å²) in [5, 5.41) is 4.10. The standard InChI is InChI=1S/C16H16Cl2N2O/c1-11-6-7-14(9-15(11)18)19-16(21)20(2)10-12-4-3-5-13(17)8-12/h3-9H,10H2,1-2H3,(H,19,21). The van der Waals surface area contributed by atoms with Crippen LogP contribution in [0.1, 0.15) is 11.1 Å². The maximum Gasteiger partial charge on any atom is 0.321 e. The first-order valence-electron chi connectivity index (χ1n) is 6.48. The van der Waals surface area contributed by atoms with E-state index in [1.54, 1.807) is 24.1 Å². The first-order chi connectivity index (χ1) is 9.95. The molecule has 0 radical (unpaired) electrons. The molecular weight excluding hydrogens is 307 g/mol. The van der Waals surface area contributed by atoms with Gasteiger partial charge in [0.25, 0.3) is 0 Å². The molecule has 5 heteroatoms. The van der Waals surface area contributed by atoms with Crippen molar-refractivity contribution in [3.8, 4) is 0 Å². The van der Waals surface area contributed by atoms with Crippen molar-refractivity contribution < 1.29 is 4.79 Å². The average molecular weight is 323 g/mol. The first kappa shape index (κ1) is 15.7. The zero-order valence-corrected chi connectivity index (χ0v) is 13.4. The van der Waals surface area contributed by atoms with Crippen molar-refractivity contribution in [1.82, 2.24) is 4.90 Å². The third-order valence-electron chi connectivity index (χ3n) is 3.08. The summed E-state index contributed by atoms with van der Waals surface area (Å²) in [6.07, 6.45) is 0. The van der Waals surface area contributed by atoms with E-state index in [0.717, 1.165) is 11.1 Å². The van der Waals surface area contributed by atoms with Gasteiger partial charge in [0, 0.05) is 29.3 Å². The van der Waals surface area contributed by atoms with E-state index < -0.39 is 0 Å². The Morgan fingerprint density at radius 3 is 2.62 bits per heavy atom. The van der Waals surface area contributed by atoms with Crippen LogP contribution in [0, 0.1) is 6.92 Å². The topological polar surface area (TPSA) is 32.3 Å². The molecule has 2 rings (SSSR count). The molecule has 1 N–H and O–H groups in total. The predicted molar refractivity (Wildman–Crippen MR) is 88.1 cm³/mol. The van der Waals surface area contributed by atoms with Crippen LogP contribution in [0.5, 0.6) is 0 Å². The molecule has 0 atom stereocenters. The molecule has 0 aliphatic heterocycles. The highest BCUT2D eigenvalue weighted by molar-refractivity contribution is 6.31. The van der Waals surface area contributed by atoms with Crippen molar-refractivity contribution in [2.45, 2.75) is 13.5 Å². The largest absolute Gasteiger partial charge is 0.323 e. The highest BCUT2D eigenvalue weighted by Crippen LogP contribution is 2.20. The lowest BCUT2D eigenvalue weighted by molar-refractivity contribution is 0.220. The summed E-state index contributed by atoms with van der Waals surface area (Å²) in [6, 6.07) is 12.7. The molecule has 0 aliphatic carbocycles. The zero-order chi connectivity index (χ0) is 15.4. The number of anilines is 1. The van der Waals surface area contributed by atoms with Gasteiger partial charge in [0.1, 0.15) is 0 Å². The summed E-state index contributed by atoms with van der Waals surface area (Å²) in [6.45, 7) is 2.39. The summed E-state index contributed by atoms with van der Waals surface area (Å²) < 4.78 is 0. The number of benzene rings is 2. The number of nitrogens with zero attached hydrogens (tertiary/aromatic N) is 1. The Labute approximate surface area is 134 Å². The molecule has 2 aromatic carbocycles. The Kier molecular flexibility index (Phi) is 5.10. The molecular formula is C16H16Cl2N2O. The highest BCUT2D eigenvalue weighted by atomic mass is 35.5. The van der Waals surface area contributed by atoms with Crippen molar-refractivity contribution in [2.24, 2.45) is 0 Å². The minimum absolute atomic E-state index is 0.199. The van der Waals surface area contributed by atoms with Gasteiger partial charge in [0.2, 0.25) is 0 Å². The number of urea groups is 1. The van der Waals surface area contributed by atoms with Crippen LogP contribution in [-0.4, -0.2) is 18.0 Å². The van der Waals surface area contributed by atoms with Crippen LogP contribution >= 0.6 is 23.2 Å². The molecule has 0 unspecified atom stereocenters. The normalized spacial score (nSPS) is 10.3. The van der Waals surface area contributed by atoms with Gasteiger partial charge in [-0.2, -0.15) is 0 Å². The molecule has 110 valence electrons. The lowest BCUT2D eigenvalue weighted by atomic mass is 10.2. The summed E-state index contributed by atoms with van der Waals surface area (Å²) in [4.78, 5) is 13.7. The smallest absolute Gasteiger partial charge is 0.321 e. The molecule has 0 saturated carbocycles. The van der Waals surface area contributed by atoms with Gasteiger partial charge in [0.05, 0.1) is 0 Å². The first-order valence-corrected chi connectivity index (χ1v) is 7.24. The van der Waals surface area contributed by atoms with Crippen LogP contribution in [0.3, 0.4) is 0 Å². The summed E-state index contributed by atoms with van der Waals surface area (Å²) >= 11 is 12.0. The third kappa shape index (κ3) is 4.38. The van der Waals surface area contributed by atoms with E-state index in [1.807, 2.05) is 37.3 Å². The number of halogens is 2. The van der Waals surface area contributed by atoms with Crippen LogP contribution < -0.4 is 5.32 Å². The number of nitrogens with one attached hydrogen (secondary N) is 1. The second-order valence-electron chi connectivity index (χ2n) is 4.88. The van der Waals surface area contributed by atoms with E-state index in [4.69, 9.17) is 23.2 Å². The van der Waals surface area contributed by atoms with Crippen molar-refractivity contribution in [1.29, 1.82) is 0 Å². The third-order valence-corrected chi connectivity index (χ3v) is 3.72. The molecule has 2 aromatic rings. The Morgan fingerprint density at radius 2 is 1.95 bits per heavy atom. The van der Waals surface area contributed by atoms with Gasteiger partial charge in [-0.25, -0.2) is 4.79 Å². The molecule has 21 heavy (non-hydrogen) atoms. The molecule has 0 spiro atoms. The molecule has 0 aromatic heterocycles.